The van der Waals surface area contributed by atoms with Gasteiger partial charge in [0.1, 0.15) is 0 Å². The number of hydrogen-bond acceptors (Lipinski definition) is 12. The molecule has 22 rings (SSSR count). The van der Waals surface area contributed by atoms with E-state index in [0.717, 1.165) is 69.0 Å². The van der Waals surface area contributed by atoms with Crippen molar-refractivity contribution in [2.75, 3.05) is 0 Å². The Morgan fingerprint density at radius 3 is 0.267 bits per heavy atom. The molecule has 16 heterocycles. The molecule has 0 nitrogen and oxygen atoms in total. The summed E-state index contributed by atoms with van der Waals surface area (Å²) in [6.07, 6.45) is 0. The molecular formula is C48H48S12. The average Bonchev–Trinajstić information content (AvgIpc) is 3.29. The van der Waals surface area contributed by atoms with Crippen LogP contribution in [0.3, 0.4) is 0 Å². The lowest BCUT2D eigenvalue weighted by Crippen LogP contribution is -1.85. The van der Waals surface area contributed by atoms with E-state index in [1.54, 1.807) is 0 Å². The van der Waals surface area contributed by atoms with Crippen LogP contribution in [0.4, 0.5) is 0 Å². The smallest absolute Gasteiger partial charge is 0.0288 e. The van der Waals surface area contributed by atoms with Crippen molar-refractivity contribution in [3.63, 3.8) is 0 Å². The van der Waals surface area contributed by atoms with Gasteiger partial charge >= 0.3 is 0 Å². The van der Waals surface area contributed by atoms with Gasteiger partial charge in [0, 0.05) is 69.0 Å². The van der Waals surface area contributed by atoms with Gasteiger partial charge < -0.3 is 0 Å². The van der Waals surface area contributed by atoms with Gasteiger partial charge in [0.05, 0.1) is 0 Å². The molecule has 6 aromatic carbocycles. The molecule has 312 valence electrons. The SMILES string of the molecule is c1cc2ccc1CSSCc1ccc(cc1)CSSCc1ccc(cc1)CSSCc1ccc(cc1)CSSCc1ccc(cc1)CSSCc1ccc(cc1)CSSC2. The third-order valence-corrected chi connectivity index (χ3v) is 23.0. The summed E-state index contributed by atoms with van der Waals surface area (Å²) in [6, 6.07) is 55.3. The van der Waals surface area contributed by atoms with E-state index in [1.807, 2.05) is 130 Å². The van der Waals surface area contributed by atoms with Gasteiger partial charge in [-0.3, -0.25) is 0 Å². The Morgan fingerprint density at radius 1 is 0.133 bits per heavy atom. The Hall–Kier alpha value is -0.480. The minimum Gasteiger partial charge on any atom is -0.0890 e. The fourth-order valence-corrected chi connectivity index (χ4v) is 18.5. The predicted octanol–water partition coefficient (Wildman–Crippen LogP) is 18.5. The zero-order chi connectivity index (χ0) is 40.9. The van der Waals surface area contributed by atoms with E-state index in [9.17, 15) is 0 Å². The summed E-state index contributed by atoms with van der Waals surface area (Å²) < 4.78 is 0. The minimum atomic E-state index is 1.04. The topological polar surface area (TPSA) is 0 Å². The normalized spacial score (nSPS) is 16.4. The number of benzene rings is 6. The van der Waals surface area contributed by atoms with Crippen molar-refractivity contribution < 1.29 is 0 Å². The first-order valence-electron chi connectivity index (χ1n) is 19.6. The first-order chi connectivity index (χ1) is 29.7. The van der Waals surface area contributed by atoms with E-state index in [2.05, 4.69) is 146 Å². The fourth-order valence-electron chi connectivity index (χ4n) is 5.71. The molecule has 0 N–H and O–H groups in total. The molecule has 16 aliphatic heterocycles. The van der Waals surface area contributed by atoms with Crippen LogP contribution in [-0.2, 0) is 69.0 Å². The van der Waals surface area contributed by atoms with E-state index in [0.29, 0.717) is 0 Å². The number of hydrogen-bond donors (Lipinski definition) is 0. The second kappa shape index (κ2) is 27.8. The van der Waals surface area contributed by atoms with Crippen LogP contribution in [0.25, 0.3) is 0 Å². The van der Waals surface area contributed by atoms with Crippen LogP contribution in [0, 0.1) is 0 Å². The Labute approximate surface area is 406 Å². The maximum Gasteiger partial charge on any atom is 0.0288 e. The molecule has 0 atom stereocenters. The summed E-state index contributed by atoms with van der Waals surface area (Å²) >= 11 is 0. The van der Waals surface area contributed by atoms with E-state index in [4.69, 9.17) is 0 Å². The maximum atomic E-state index is 2.31. The second-order valence-electron chi connectivity index (χ2n) is 14.0. The van der Waals surface area contributed by atoms with Crippen LogP contribution >= 0.6 is 130 Å². The summed E-state index contributed by atoms with van der Waals surface area (Å²) in [6.45, 7) is 0. The Bertz CT molecular complexity index is 1540. The van der Waals surface area contributed by atoms with Crippen LogP contribution in [0.2, 0.25) is 0 Å². The zero-order valence-corrected chi connectivity index (χ0v) is 43.0. The molecule has 0 unspecified atom stereocenters. The molecule has 0 amide bonds. The molecule has 0 saturated heterocycles. The van der Waals surface area contributed by atoms with Crippen molar-refractivity contribution in [3.8, 4) is 0 Å². The molecule has 60 heavy (non-hydrogen) atoms. The lowest BCUT2D eigenvalue weighted by Gasteiger charge is -2.07. The van der Waals surface area contributed by atoms with E-state index in [-0.39, 0.29) is 0 Å². The average molecular weight is 1010 g/mol. The highest BCUT2D eigenvalue weighted by Crippen LogP contribution is 2.36. The summed E-state index contributed by atoms with van der Waals surface area (Å²) in [4.78, 5) is 0. The third-order valence-electron chi connectivity index (χ3n) is 9.34. The third kappa shape index (κ3) is 17.8. The quantitative estimate of drug-likeness (QED) is 0.133. The van der Waals surface area contributed by atoms with Crippen molar-refractivity contribution in [1.29, 1.82) is 0 Å². The standard InChI is InChI=1S/C48H48S12/c1-2-38-4-3-37(1)25-49-51-27-39-5-7-41(8-6-39)29-53-55-31-43-13-15-45(16-14-43)33-57-59-35-47-21-23-48(24-22-47)36-60-58-34-46-19-17-44(18-20-46)32-56-54-30-42-11-9-40(10-12-42)28-52-50-26-38/h1-24H,25-36H2. The van der Waals surface area contributed by atoms with E-state index in [1.165, 1.54) is 66.8 Å². The van der Waals surface area contributed by atoms with Gasteiger partial charge in [-0.05, 0) is 66.8 Å². The first kappa shape index (κ1) is 47.5. The van der Waals surface area contributed by atoms with Gasteiger partial charge in [-0.1, -0.05) is 275 Å². The maximum absolute atomic E-state index is 2.31. The molecule has 0 spiro atoms. The minimum absolute atomic E-state index is 1.04. The van der Waals surface area contributed by atoms with Crippen LogP contribution in [0.1, 0.15) is 66.8 Å². The largest absolute Gasteiger partial charge is 0.0890 e. The molecule has 16 aliphatic rings. The molecule has 12 heteroatoms. The molecule has 6 aromatic rings. The van der Waals surface area contributed by atoms with Gasteiger partial charge in [0.2, 0.25) is 0 Å². The van der Waals surface area contributed by atoms with Crippen molar-refractivity contribution in [2.45, 2.75) is 69.0 Å². The number of rotatable bonds is 0. The molecule has 0 fully saturated rings. The van der Waals surface area contributed by atoms with Crippen molar-refractivity contribution in [3.05, 3.63) is 212 Å². The fraction of sp³-hybridized carbons (Fsp3) is 0.250. The summed E-state index contributed by atoms with van der Waals surface area (Å²) in [5, 5.41) is 0. The highest BCUT2D eigenvalue weighted by Gasteiger charge is 2.05. The van der Waals surface area contributed by atoms with Crippen LogP contribution < -0.4 is 0 Å². The Kier molecular flexibility index (Phi) is 22.0. The van der Waals surface area contributed by atoms with Crippen molar-refractivity contribution in [1.82, 2.24) is 0 Å². The molecule has 0 radical (unpaired) electrons. The van der Waals surface area contributed by atoms with E-state index >= 15 is 0 Å². The second-order valence-corrected chi connectivity index (χ2v) is 28.8. The van der Waals surface area contributed by atoms with Crippen LogP contribution in [0.15, 0.2) is 146 Å². The molecular weight excluding hydrogens is 961 g/mol. The van der Waals surface area contributed by atoms with Crippen molar-refractivity contribution in [2.24, 2.45) is 0 Å². The molecule has 0 aromatic heterocycles. The molecule has 0 aliphatic carbocycles. The lowest BCUT2D eigenvalue weighted by molar-refractivity contribution is 1.34. The predicted molar refractivity (Wildman–Crippen MR) is 294 cm³/mol. The highest BCUT2D eigenvalue weighted by atomic mass is 33.1. The van der Waals surface area contributed by atoms with E-state index < -0.39 is 0 Å². The first-order valence-corrected chi connectivity index (χ1v) is 34.6. The lowest BCUT2D eigenvalue weighted by atomic mass is 10.2. The zero-order valence-electron chi connectivity index (χ0n) is 33.2. The van der Waals surface area contributed by atoms with Gasteiger partial charge in [0.25, 0.3) is 0 Å². The Morgan fingerprint density at radius 2 is 0.200 bits per heavy atom. The van der Waals surface area contributed by atoms with Crippen LogP contribution in [0.5, 0.6) is 0 Å². The summed E-state index contributed by atoms with van der Waals surface area (Å²) in [5.41, 5.74) is 16.8. The van der Waals surface area contributed by atoms with Crippen molar-refractivity contribution >= 4 is 130 Å². The van der Waals surface area contributed by atoms with Gasteiger partial charge in [-0.2, -0.15) is 0 Å². The van der Waals surface area contributed by atoms with Gasteiger partial charge in [-0.25, -0.2) is 0 Å². The summed E-state index contributed by atoms with van der Waals surface area (Å²) in [7, 11) is 23.4. The van der Waals surface area contributed by atoms with Gasteiger partial charge in [0.15, 0.2) is 0 Å². The molecule has 12 bridgehead atoms. The summed E-state index contributed by atoms with van der Waals surface area (Å²) in [5.74, 6) is 12.4. The van der Waals surface area contributed by atoms with Crippen LogP contribution in [-0.4, -0.2) is 0 Å². The Balaban J connectivity index is 0.863. The monoisotopic (exact) mass is 1010 g/mol. The molecule has 0 saturated carbocycles. The highest BCUT2D eigenvalue weighted by molar-refractivity contribution is 8.77. The van der Waals surface area contributed by atoms with Gasteiger partial charge in [-0.15, -0.1) is 0 Å².